The van der Waals surface area contributed by atoms with Crippen LogP contribution < -0.4 is 5.32 Å². The molecule has 2 aliphatic heterocycles. The summed E-state index contributed by atoms with van der Waals surface area (Å²) in [6.07, 6.45) is 5.23. The number of piperidine rings is 1. The summed E-state index contributed by atoms with van der Waals surface area (Å²) in [6, 6.07) is 12.0. The van der Waals surface area contributed by atoms with Gasteiger partial charge in [0.1, 0.15) is 5.60 Å². The Balaban J connectivity index is 1.24. The molecular formula is C25H32N4O3. The maximum absolute atomic E-state index is 12.5. The first kappa shape index (κ1) is 22.1. The molecule has 3 amide bonds. The van der Waals surface area contributed by atoms with Crippen molar-refractivity contribution in [3.63, 3.8) is 0 Å². The first-order chi connectivity index (χ1) is 15.3. The average molecular weight is 437 g/mol. The number of anilines is 1. The summed E-state index contributed by atoms with van der Waals surface area (Å²) in [6.45, 7) is 8.49. The Morgan fingerprint density at radius 3 is 2.25 bits per heavy atom. The number of pyridine rings is 1. The van der Waals surface area contributed by atoms with Crippen molar-refractivity contribution >= 4 is 17.8 Å². The Labute approximate surface area is 189 Å². The highest BCUT2D eigenvalue weighted by atomic mass is 16.6. The number of benzene rings is 1. The van der Waals surface area contributed by atoms with E-state index in [-0.39, 0.29) is 12.1 Å². The minimum atomic E-state index is -0.468. The van der Waals surface area contributed by atoms with Crippen LogP contribution in [-0.2, 0) is 4.74 Å². The van der Waals surface area contributed by atoms with E-state index in [0.717, 1.165) is 18.5 Å². The van der Waals surface area contributed by atoms with Gasteiger partial charge in [0.2, 0.25) is 0 Å². The van der Waals surface area contributed by atoms with Gasteiger partial charge in [0.05, 0.1) is 0 Å². The minimum Gasteiger partial charge on any atom is -0.444 e. The fraction of sp³-hybridized carbons (Fsp3) is 0.480. The van der Waals surface area contributed by atoms with Crippen LogP contribution in [0.15, 0.2) is 48.8 Å². The van der Waals surface area contributed by atoms with Gasteiger partial charge in [-0.2, -0.15) is 0 Å². The van der Waals surface area contributed by atoms with Crippen LogP contribution in [0.25, 0.3) is 0 Å². The molecule has 0 bridgehead atoms. The molecule has 0 spiro atoms. The third-order valence-corrected chi connectivity index (χ3v) is 6.10. The molecule has 1 N–H and O–H groups in total. The lowest BCUT2D eigenvalue weighted by Gasteiger charge is -2.39. The number of urea groups is 1. The molecule has 2 fully saturated rings. The molecule has 3 heterocycles. The van der Waals surface area contributed by atoms with Crippen LogP contribution in [0.1, 0.15) is 56.6 Å². The summed E-state index contributed by atoms with van der Waals surface area (Å²) >= 11 is 0. The van der Waals surface area contributed by atoms with Crippen molar-refractivity contribution < 1.29 is 14.3 Å². The standard InChI is InChI=1S/C25H32N4O3/c1-25(2,3)32-24(31)28-13-10-19(11-14-28)18-6-8-22(9-7-18)27-23(30)29-16-21(17-29)20-5-4-12-26-15-20/h4-9,12,15,19,21H,10-11,13-14,16-17H2,1-3H3,(H,27,30). The summed E-state index contributed by atoms with van der Waals surface area (Å²) < 4.78 is 5.48. The number of nitrogens with zero attached hydrogens (tertiary/aromatic N) is 3. The first-order valence-corrected chi connectivity index (χ1v) is 11.3. The van der Waals surface area contributed by atoms with Crippen molar-refractivity contribution in [3.8, 4) is 0 Å². The number of amides is 3. The van der Waals surface area contributed by atoms with Crippen LogP contribution in [0, 0.1) is 0 Å². The number of ether oxygens (including phenoxy) is 1. The highest BCUT2D eigenvalue weighted by Crippen LogP contribution is 2.30. The second-order valence-electron chi connectivity index (χ2n) is 9.68. The molecule has 1 aromatic heterocycles. The third-order valence-electron chi connectivity index (χ3n) is 6.10. The molecule has 7 heteroatoms. The second kappa shape index (κ2) is 9.18. The maximum Gasteiger partial charge on any atom is 0.410 e. The lowest BCUT2D eigenvalue weighted by Crippen LogP contribution is -2.50. The fourth-order valence-corrected chi connectivity index (χ4v) is 4.24. The number of carbonyl (C=O) groups excluding carboxylic acids is 2. The SMILES string of the molecule is CC(C)(C)OC(=O)N1CCC(c2ccc(NC(=O)N3CC(c4cccnc4)C3)cc2)CC1. The van der Waals surface area contributed by atoms with E-state index in [9.17, 15) is 9.59 Å². The Hall–Kier alpha value is -3.09. The van der Waals surface area contributed by atoms with Crippen LogP contribution in [0.4, 0.5) is 15.3 Å². The Morgan fingerprint density at radius 1 is 0.969 bits per heavy atom. The van der Waals surface area contributed by atoms with Gasteiger partial charge >= 0.3 is 12.1 Å². The van der Waals surface area contributed by atoms with Crippen molar-refractivity contribution in [2.45, 2.75) is 51.0 Å². The molecule has 2 aromatic rings. The minimum absolute atomic E-state index is 0.0661. The van der Waals surface area contributed by atoms with Gasteiger partial charge in [-0.25, -0.2) is 9.59 Å². The fourth-order valence-electron chi connectivity index (χ4n) is 4.24. The van der Waals surface area contributed by atoms with Gasteiger partial charge in [0.15, 0.2) is 0 Å². The molecule has 0 atom stereocenters. The van der Waals surface area contributed by atoms with Gasteiger partial charge in [-0.1, -0.05) is 18.2 Å². The van der Waals surface area contributed by atoms with E-state index in [0.29, 0.717) is 38.0 Å². The van der Waals surface area contributed by atoms with E-state index < -0.39 is 5.60 Å². The van der Waals surface area contributed by atoms with Crippen LogP contribution in [0.2, 0.25) is 0 Å². The van der Waals surface area contributed by atoms with Gasteiger partial charge in [0.25, 0.3) is 0 Å². The van der Waals surface area contributed by atoms with Crippen molar-refractivity contribution in [3.05, 3.63) is 59.9 Å². The Bertz CT molecular complexity index is 926. The van der Waals surface area contributed by atoms with Crippen molar-refractivity contribution in [2.24, 2.45) is 0 Å². The van der Waals surface area contributed by atoms with Crippen molar-refractivity contribution in [2.75, 3.05) is 31.5 Å². The largest absolute Gasteiger partial charge is 0.444 e. The van der Waals surface area contributed by atoms with E-state index in [1.807, 2.05) is 50.1 Å². The lowest BCUT2D eigenvalue weighted by molar-refractivity contribution is 0.0205. The molecule has 170 valence electrons. The van der Waals surface area contributed by atoms with Gasteiger partial charge < -0.3 is 19.9 Å². The van der Waals surface area contributed by atoms with E-state index >= 15 is 0 Å². The van der Waals surface area contributed by atoms with Crippen molar-refractivity contribution in [1.29, 1.82) is 0 Å². The predicted octanol–water partition coefficient (Wildman–Crippen LogP) is 4.83. The van der Waals surface area contributed by atoms with Crippen LogP contribution in [0.5, 0.6) is 0 Å². The number of carbonyl (C=O) groups is 2. The molecule has 0 unspecified atom stereocenters. The molecule has 0 aliphatic carbocycles. The predicted molar refractivity (Wildman–Crippen MR) is 124 cm³/mol. The number of nitrogens with one attached hydrogen (secondary N) is 1. The zero-order valence-corrected chi connectivity index (χ0v) is 19.1. The number of hydrogen-bond donors (Lipinski definition) is 1. The zero-order chi connectivity index (χ0) is 22.7. The molecule has 0 saturated carbocycles. The molecule has 4 rings (SSSR count). The average Bonchev–Trinajstić information content (AvgIpc) is 2.73. The number of likely N-dealkylation sites (tertiary alicyclic amines) is 2. The highest BCUT2D eigenvalue weighted by molar-refractivity contribution is 5.90. The lowest BCUT2D eigenvalue weighted by atomic mass is 9.89. The summed E-state index contributed by atoms with van der Waals surface area (Å²) in [5.74, 6) is 0.775. The zero-order valence-electron chi connectivity index (χ0n) is 19.1. The highest BCUT2D eigenvalue weighted by Gasteiger charge is 2.32. The Morgan fingerprint density at radius 2 is 1.66 bits per heavy atom. The third kappa shape index (κ3) is 5.39. The summed E-state index contributed by atoms with van der Waals surface area (Å²) in [5.41, 5.74) is 2.75. The van der Waals surface area contributed by atoms with E-state index in [1.54, 1.807) is 11.1 Å². The van der Waals surface area contributed by atoms with E-state index in [2.05, 4.69) is 28.5 Å². The summed E-state index contributed by atoms with van der Waals surface area (Å²) in [5, 5.41) is 2.99. The van der Waals surface area contributed by atoms with E-state index in [1.165, 1.54) is 11.1 Å². The van der Waals surface area contributed by atoms with Crippen LogP contribution >= 0.6 is 0 Å². The molecule has 0 radical (unpaired) electrons. The molecule has 2 aliphatic rings. The van der Waals surface area contributed by atoms with Gasteiger partial charge in [-0.05, 0) is 68.9 Å². The van der Waals surface area contributed by atoms with Crippen LogP contribution in [0.3, 0.4) is 0 Å². The summed E-state index contributed by atoms with van der Waals surface area (Å²) in [4.78, 5) is 32.5. The van der Waals surface area contributed by atoms with Gasteiger partial charge in [-0.15, -0.1) is 0 Å². The topological polar surface area (TPSA) is 74.8 Å². The maximum atomic E-state index is 12.5. The number of rotatable bonds is 3. The van der Waals surface area contributed by atoms with Gasteiger partial charge in [-0.3, -0.25) is 4.98 Å². The molecule has 7 nitrogen and oxygen atoms in total. The Kier molecular flexibility index (Phi) is 6.35. The second-order valence-corrected chi connectivity index (χ2v) is 9.68. The summed E-state index contributed by atoms with van der Waals surface area (Å²) in [7, 11) is 0. The quantitative estimate of drug-likeness (QED) is 0.748. The molecular weight excluding hydrogens is 404 g/mol. The number of hydrogen-bond acceptors (Lipinski definition) is 4. The molecule has 2 saturated heterocycles. The van der Waals surface area contributed by atoms with Gasteiger partial charge in [0, 0.05) is 50.2 Å². The first-order valence-electron chi connectivity index (χ1n) is 11.3. The molecule has 1 aromatic carbocycles. The monoisotopic (exact) mass is 436 g/mol. The van der Waals surface area contributed by atoms with Crippen LogP contribution in [-0.4, -0.2) is 58.7 Å². The normalized spacial score (nSPS) is 17.6. The van der Waals surface area contributed by atoms with Crippen molar-refractivity contribution in [1.82, 2.24) is 14.8 Å². The molecule has 32 heavy (non-hydrogen) atoms. The smallest absolute Gasteiger partial charge is 0.410 e. The number of aromatic nitrogens is 1. The van der Waals surface area contributed by atoms with E-state index in [4.69, 9.17) is 4.74 Å².